The fourth-order valence-corrected chi connectivity index (χ4v) is 3.86. The van der Waals surface area contributed by atoms with E-state index in [1.54, 1.807) is 24.0 Å². The molecule has 0 spiro atoms. The summed E-state index contributed by atoms with van der Waals surface area (Å²) in [5.74, 6) is 0.200. The highest BCUT2D eigenvalue weighted by Gasteiger charge is 2.19. The summed E-state index contributed by atoms with van der Waals surface area (Å²) >= 11 is 0. The molecule has 0 saturated carbocycles. The van der Waals surface area contributed by atoms with Crippen molar-refractivity contribution in [2.75, 3.05) is 39.5 Å². The van der Waals surface area contributed by atoms with Crippen molar-refractivity contribution < 1.29 is 33.6 Å². The molecular weight excluding hydrogens is 486 g/mol. The Morgan fingerprint density at radius 1 is 0.895 bits per heavy atom. The van der Waals surface area contributed by atoms with E-state index < -0.39 is 18.2 Å². The number of rotatable bonds is 17. The van der Waals surface area contributed by atoms with E-state index in [0.717, 1.165) is 41.5 Å². The van der Waals surface area contributed by atoms with Gasteiger partial charge in [-0.05, 0) is 74.6 Å². The molecule has 8 heteroatoms. The third-order valence-electron chi connectivity index (χ3n) is 6.26. The van der Waals surface area contributed by atoms with Gasteiger partial charge in [-0.25, -0.2) is 9.59 Å². The van der Waals surface area contributed by atoms with Gasteiger partial charge in [-0.2, -0.15) is 0 Å². The number of nitrogens with zero attached hydrogens (tertiary/aromatic N) is 1. The molecule has 0 aliphatic carbocycles. The minimum atomic E-state index is -0.982. The van der Waals surface area contributed by atoms with Gasteiger partial charge in [0, 0.05) is 26.2 Å². The van der Waals surface area contributed by atoms with Gasteiger partial charge >= 0.3 is 12.1 Å². The second-order valence-corrected chi connectivity index (χ2v) is 9.36. The smallest absolute Gasteiger partial charge is 0.415 e. The molecular formula is C30H43NO7. The molecule has 2 aromatic rings. The van der Waals surface area contributed by atoms with Gasteiger partial charge < -0.3 is 29.0 Å². The van der Waals surface area contributed by atoms with Crippen molar-refractivity contribution in [3.05, 3.63) is 58.7 Å². The van der Waals surface area contributed by atoms with Crippen molar-refractivity contribution in [2.45, 2.75) is 66.4 Å². The van der Waals surface area contributed by atoms with Crippen LogP contribution in [0.3, 0.4) is 0 Å². The monoisotopic (exact) mass is 529 g/mol. The van der Waals surface area contributed by atoms with E-state index >= 15 is 0 Å². The van der Waals surface area contributed by atoms with Crippen LogP contribution in [0.2, 0.25) is 0 Å². The van der Waals surface area contributed by atoms with Crippen LogP contribution in [0.1, 0.15) is 55.4 Å². The van der Waals surface area contributed by atoms with Gasteiger partial charge in [-0.3, -0.25) is 0 Å². The molecule has 0 heterocycles. The molecule has 8 nitrogen and oxygen atoms in total. The molecule has 0 saturated heterocycles. The van der Waals surface area contributed by atoms with Crippen LogP contribution in [0.25, 0.3) is 0 Å². The van der Waals surface area contributed by atoms with E-state index in [9.17, 15) is 14.7 Å². The number of benzene rings is 2. The zero-order chi connectivity index (χ0) is 27.9. The molecule has 0 bridgehead atoms. The molecule has 1 unspecified atom stereocenters. The molecule has 0 aliphatic rings. The second-order valence-electron chi connectivity index (χ2n) is 9.36. The minimum absolute atomic E-state index is 0.271. The lowest BCUT2D eigenvalue weighted by molar-refractivity contribution is -0.149. The lowest BCUT2D eigenvalue weighted by Crippen LogP contribution is -2.39. The second kappa shape index (κ2) is 16.7. The molecule has 0 radical (unpaired) electrons. The number of amides is 1. The summed E-state index contributed by atoms with van der Waals surface area (Å²) < 4.78 is 22.6. The Labute approximate surface area is 226 Å². The number of carbonyl (C=O) groups is 2. The summed E-state index contributed by atoms with van der Waals surface area (Å²) in [5, 5.41) is 9.28. The van der Waals surface area contributed by atoms with E-state index in [4.69, 9.17) is 18.9 Å². The number of hydrogen-bond donors (Lipinski definition) is 1. The Morgan fingerprint density at radius 2 is 1.58 bits per heavy atom. The molecule has 2 rings (SSSR count). The summed E-state index contributed by atoms with van der Waals surface area (Å²) in [6.07, 6.45) is 2.20. The van der Waals surface area contributed by atoms with Crippen LogP contribution in [0.5, 0.6) is 11.5 Å². The first kappa shape index (κ1) is 31.1. The van der Waals surface area contributed by atoms with Gasteiger partial charge in [0.15, 0.2) is 6.10 Å². The first-order valence-electron chi connectivity index (χ1n) is 13.4. The predicted octanol–water partition coefficient (Wildman–Crippen LogP) is 5.73. The maximum Gasteiger partial charge on any atom is 0.415 e. The lowest BCUT2D eigenvalue weighted by atomic mass is 10.1. The van der Waals surface area contributed by atoms with Gasteiger partial charge in [-0.1, -0.05) is 38.0 Å². The number of carboxylic acid groups (broad SMARTS) is 1. The topological polar surface area (TPSA) is 94.5 Å². The molecule has 1 N–H and O–H groups in total. The zero-order valence-corrected chi connectivity index (χ0v) is 23.5. The molecule has 0 aromatic heterocycles. The van der Waals surface area contributed by atoms with Crippen molar-refractivity contribution in [1.82, 2.24) is 4.90 Å². The van der Waals surface area contributed by atoms with Crippen LogP contribution in [0, 0.1) is 20.8 Å². The first-order chi connectivity index (χ1) is 18.2. The number of carbonyl (C=O) groups excluding carboxylic acids is 1. The van der Waals surface area contributed by atoms with Crippen LogP contribution in [0.15, 0.2) is 36.4 Å². The van der Waals surface area contributed by atoms with Crippen LogP contribution in [-0.4, -0.2) is 67.7 Å². The van der Waals surface area contributed by atoms with Crippen molar-refractivity contribution in [3.63, 3.8) is 0 Å². The molecule has 0 fully saturated rings. The normalized spacial score (nSPS) is 11.7. The SMILES string of the molecule is CCCCCOCCN(CCOc1ccc(CC(OCC)C(=O)O)cc1)C(=O)Oc1cc(C)c(C)cc1C. The van der Waals surface area contributed by atoms with E-state index in [1.807, 2.05) is 45.0 Å². The maximum absolute atomic E-state index is 13.1. The Balaban J connectivity index is 1.96. The summed E-state index contributed by atoms with van der Waals surface area (Å²) in [6, 6.07) is 11.1. The number of hydrogen-bond acceptors (Lipinski definition) is 6. The van der Waals surface area contributed by atoms with Crippen LogP contribution in [0.4, 0.5) is 4.79 Å². The fourth-order valence-electron chi connectivity index (χ4n) is 3.86. The predicted molar refractivity (Wildman–Crippen MR) is 147 cm³/mol. The van der Waals surface area contributed by atoms with Crippen molar-refractivity contribution >= 4 is 12.1 Å². The largest absolute Gasteiger partial charge is 0.492 e. The molecule has 1 atom stereocenters. The summed E-state index contributed by atoms with van der Waals surface area (Å²) in [5.41, 5.74) is 3.96. The summed E-state index contributed by atoms with van der Waals surface area (Å²) in [7, 11) is 0. The van der Waals surface area contributed by atoms with E-state index in [1.165, 1.54) is 0 Å². The average molecular weight is 530 g/mol. The quantitative estimate of drug-likeness (QED) is 0.262. The molecule has 210 valence electrons. The molecule has 1 amide bonds. The average Bonchev–Trinajstić information content (AvgIpc) is 2.88. The van der Waals surface area contributed by atoms with Crippen molar-refractivity contribution in [3.8, 4) is 11.5 Å². The number of ether oxygens (including phenoxy) is 4. The highest BCUT2D eigenvalue weighted by molar-refractivity contribution is 5.73. The number of aliphatic carboxylic acids is 1. The van der Waals surface area contributed by atoms with Gasteiger partial charge in [-0.15, -0.1) is 0 Å². The Bertz CT molecular complexity index is 1010. The third kappa shape index (κ3) is 10.7. The van der Waals surface area contributed by atoms with E-state index in [2.05, 4.69) is 6.92 Å². The fraction of sp³-hybridized carbons (Fsp3) is 0.533. The molecule has 0 aliphatic heterocycles. The first-order valence-corrected chi connectivity index (χ1v) is 13.4. The van der Waals surface area contributed by atoms with Crippen molar-refractivity contribution in [1.29, 1.82) is 0 Å². The highest BCUT2D eigenvalue weighted by Crippen LogP contribution is 2.23. The highest BCUT2D eigenvalue weighted by atomic mass is 16.6. The molecule has 2 aromatic carbocycles. The third-order valence-corrected chi connectivity index (χ3v) is 6.26. The Hall–Kier alpha value is -3.10. The summed E-state index contributed by atoms with van der Waals surface area (Å²) in [6.45, 7) is 12.3. The van der Waals surface area contributed by atoms with Crippen molar-refractivity contribution in [2.24, 2.45) is 0 Å². The Morgan fingerprint density at radius 3 is 2.24 bits per heavy atom. The van der Waals surface area contributed by atoms with Crippen LogP contribution < -0.4 is 9.47 Å². The standard InChI is InChI=1S/C30H43NO7/c1-6-8-9-16-35-17-14-31(30(34)38-27-20-23(4)22(3)19-24(27)5)15-18-37-26-12-10-25(11-13-26)21-28(29(32)33)36-7-2/h10-13,19-20,28H,6-9,14-18,21H2,1-5H3,(H,32,33). The Kier molecular flexibility index (Phi) is 13.7. The van der Waals surface area contributed by atoms with Gasteiger partial charge in [0.2, 0.25) is 0 Å². The van der Waals surface area contributed by atoms with Gasteiger partial charge in [0.1, 0.15) is 18.1 Å². The minimum Gasteiger partial charge on any atom is -0.492 e. The number of unbranched alkanes of at least 4 members (excludes halogenated alkanes) is 2. The summed E-state index contributed by atoms with van der Waals surface area (Å²) in [4.78, 5) is 26.0. The number of carboxylic acids is 1. The van der Waals surface area contributed by atoms with Crippen LogP contribution >= 0.6 is 0 Å². The maximum atomic E-state index is 13.1. The van der Waals surface area contributed by atoms with Gasteiger partial charge in [0.25, 0.3) is 0 Å². The number of aryl methyl sites for hydroxylation is 3. The van der Waals surface area contributed by atoms with Crippen LogP contribution in [-0.2, 0) is 20.7 Å². The van der Waals surface area contributed by atoms with E-state index in [0.29, 0.717) is 44.4 Å². The lowest BCUT2D eigenvalue weighted by Gasteiger charge is -2.23. The van der Waals surface area contributed by atoms with Gasteiger partial charge in [0.05, 0.1) is 13.2 Å². The van der Waals surface area contributed by atoms with E-state index in [-0.39, 0.29) is 13.0 Å². The zero-order valence-electron chi connectivity index (χ0n) is 23.5. The molecule has 38 heavy (non-hydrogen) atoms.